The molecule has 3 atom stereocenters. The SMILES string of the molecule is COc1ccc(CN2c3ccccc3C34C=C(C=O)[C@@H](SC)CC23N(C(=O)OC(C)(C)C)CC4)cc1. The molecule has 2 heterocycles. The fourth-order valence-electron chi connectivity index (χ4n) is 6.38. The number of fused-ring (bicyclic) bond motifs is 1. The minimum Gasteiger partial charge on any atom is -0.497 e. The van der Waals surface area contributed by atoms with Crippen molar-refractivity contribution in [3.05, 3.63) is 71.3 Å². The van der Waals surface area contributed by atoms with Gasteiger partial charge in [0.25, 0.3) is 0 Å². The van der Waals surface area contributed by atoms with Crippen molar-refractivity contribution in [1.29, 1.82) is 0 Å². The van der Waals surface area contributed by atoms with Gasteiger partial charge >= 0.3 is 6.09 Å². The molecule has 0 N–H and O–H groups in total. The Kier molecular flexibility index (Phi) is 6.10. The molecule has 0 bridgehead atoms. The molecule has 190 valence electrons. The third kappa shape index (κ3) is 3.62. The van der Waals surface area contributed by atoms with Crippen molar-refractivity contribution in [2.45, 2.75) is 62.1 Å². The molecule has 5 rings (SSSR count). The van der Waals surface area contributed by atoms with E-state index in [1.807, 2.05) is 44.1 Å². The summed E-state index contributed by atoms with van der Waals surface area (Å²) in [5, 5.41) is -0.0219. The van der Waals surface area contributed by atoms with Crippen LogP contribution in [-0.4, -0.2) is 53.7 Å². The number of para-hydroxylation sites is 1. The number of ether oxygens (including phenoxy) is 2. The molecule has 2 aliphatic heterocycles. The van der Waals surface area contributed by atoms with Gasteiger partial charge < -0.3 is 14.4 Å². The molecular formula is C29H34N2O4S. The number of hydrogen-bond donors (Lipinski definition) is 0. The topological polar surface area (TPSA) is 59.1 Å². The number of carbonyl (C=O) groups excluding carboxylic acids is 2. The van der Waals surface area contributed by atoms with Crippen LogP contribution in [0.15, 0.2) is 60.2 Å². The van der Waals surface area contributed by atoms with Crippen LogP contribution in [0.4, 0.5) is 10.5 Å². The smallest absolute Gasteiger partial charge is 0.412 e. The average molecular weight is 507 g/mol. The molecule has 1 aliphatic carbocycles. The summed E-state index contributed by atoms with van der Waals surface area (Å²) >= 11 is 1.67. The predicted molar refractivity (Wildman–Crippen MR) is 144 cm³/mol. The highest BCUT2D eigenvalue weighted by molar-refractivity contribution is 7.99. The van der Waals surface area contributed by atoms with Crippen molar-refractivity contribution < 1.29 is 19.1 Å². The second-order valence-corrected chi connectivity index (χ2v) is 11.9. The monoisotopic (exact) mass is 506 g/mol. The largest absolute Gasteiger partial charge is 0.497 e. The maximum absolute atomic E-state index is 13.8. The van der Waals surface area contributed by atoms with Gasteiger partial charge in [-0.3, -0.25) is 9.69 Å². The van der Waals surface area contributed by atoms with Crippen molar-refractivity contribution >= 4 is 29.8 Å². The summed E-state index contributed by atoms with van der Waals surface area (Å²) in [6.45, 7) is 6.89. The number of amides is 1. The van der Waals surface area contributed by atoms with Crippen LogP contribution in [0.5, 0.6) is 5.75 Å². The van der Waals surface area contributed by atoms with Crippen LogP contribution in [0, 0.1) is 0 Å². The van der Waals surface area contributed by atoms with Crippen LogP contribution in [0.1, 0.15) is 44.7 Å². The average Bonchev–Trinajstić information content (AvgIpc) is 3.31. The number of aldehydes is 1. The van der Waals surface area contributed by atoms with E-state index in [0.29, 0.717) is 19.5 Å². The Balaban J connectivity index is 1.71. The molecule has 1 amide bonds. The molecule has 36 heavy (non-hydrogen) atoms. The zero-order valence-corrected chi connectivity index (χ0v) is 22.4. The van der Waals surface area contributed by atoms with Crippen LogP contribution in [0.2, 0.25) is 0 Å². The van der Waals surface area contributed by atoms with Crippen molar-refractivity contribution in [3.8, 4) is 5.75 Å². The van der Waals surface area contributed by atoms with Crippen molar-refractivity contribution in [1.82, 2.24) is 4.90 Å². The Morgan fingerprint density at radius 3 is 2.53 bits per heavy atom. The van der Waals surface area contributed by atoms with Crippen LogP contribution >= 0.6 is 11.8 Å². The van der Waals surface area contributed by atoms with Crippen molar-refractivity contribution in [2.75, 3.05) is 24.8 Å². The number of carbonyl (C=O) groups is 2. The quantitative estimate of drug-likeness (QED) is 0.496. The number of nitrogens with zero attached hydrogens (tertiary/aromatic N) is 2. The number of anilines is 1. The molecular weight excluding hydrogens is 472 g/mol. The molecule has 2 aromatic carbocycles. The molecule has 0 saturated carbocycles. The number of methoxy groups -OCH3 is 1. The molecule has 0 aromatic heterocycles. The Morgan fingerprint density at radius 2 is 1.89 bits per heavy atom. The minimum absolute atomic E-state index is 0.0219. The Bertz CT molecular complexity index is 1200. The van der Waals surface area contributed by atoms with E-state index in [9.17, 15) is 9.59 Å². The zero-order valence-electron chi connectivity index (χ0n) is 21.6. The highest BCUT2D eigenvalue weighted by Gasteiger charge is 2.70. The third-order valence-electron chi connectivity index (χ3n) is 7.80. The fraction of sp³-hybridized carbons (Fsp3) is 0.448. The van der Waals surface area contributed by atoms with E-state index >= 15 is 0 Å². The number of thioether (sulfide) groups is 1. The minimum atomic E-state index is -0.681. The summed E-state index contributed by atoms with van der Waals surface area (Å²) in [7, 11) is 1.66. The van der Waals surface area contributed by atoms with Crippen molar-refractivity contribution in [3.63, 3.8) is 0 Å². The van der Waals surface area contributed by atoms with E-state index in [-0.39, 0.29) is 11.3 Å². The van der Waals surface area contributed by atoms with Crippen LogP contribution in [0.3, 0.4) is 0 Å². The molecule has 0 spiro atoms. The molecule has 0 radical (unpaired) electrons. The lowest BCUT2D eigenvalue weighted by Gasteiger charge is -2.53. The maximum atomic E-state index is 13.8. The molecule has 1 saturated heterocycles. The number of hydrogen-bond acceptors (Lipinski definition) is 6. The van der Waals surface area contributed by atoms with Crippen LogP contribution in [-0.2, 0) is 21.5 Å². The Hall–Kier alpha value is -2.93. The molecule has 6 nitrogen and oxygen atoms in total. The van der Waals surface area contributed by atoms with Crippen LogP contribution in [0.25, 0.3) is 0 Å². The predicted octanol–water partition coefficient (Wildman–Crippen LogP) is 5.55. The standard InChI is InChI=1S/C29H34N2O4S/c1-27(2,3)35-26(33)30-15-14-28-16-21(19-32)25(36-5)17-29(28,30)31(24-9-7-6-8-23(24)28)18-20-10-12-22(34-4)13-11-20/h6-13,16,19,25H,14-15,17-18H2,1-5H3/t25-,28?,29?/m0/s1. The molecule has 1 fully saturated rings. The summed E-state index contributed by atoms with van der Waals surface area (Å²) in [6.07, 6.45) is 6.28. The first kappa shape index (κ1) is 24.8. The highest BCUT2D eigenvalue weighted by atomic mass is 32.2. The van der Waals surface area contributed by atoms with E-state index in [4.69, 9.17) is 9.47 Å². The van der Waals surface area contributed by atoms with Crippen molar-refractivity contribution in [2.24, 2.45) is 0 Å². The molecule has 2 unspecified atom stereocenters. The Labute approximate surface area is 217 Å². The fourth-order valence-corrected chi connectivity index (χ4v) is 7.17. The maximum Gasteiger partial charge on any atom is 0.412 e. The first-order chi connectivity index (χ1) is 17.2. The van der Waals surface area contributed by atoms with Gasteiger partial charge in [0.05, 0.1) is 12.5 Å². The third-order valence-corrected chi connectivity index (χ3v) is 8.81. The second kappa shape index (κ2) is 8.87. The summed E-state index contributed by atoms with van der Waals surface area (Å²) in [5.74, 6) is 0.808. The van der Waals surface area contributed by atoms with Gasteiger partial charge in [0.1, 0.15) is 23.3 Å². The van der Waals surface area contributed by atoms with Gasteiger partial charge in [0.2, 0.25) is 0 Å². The first-order valence-electron chi connectivity index (χ1n) is 12.4. The number of benzene rings is 2. The summed E-state index contributed by atoms with van der Waals surface area (Å²) in [5.41, 5.74) is 2.42. The van der Waals surface area contributed by atoms with Gasteiger partial charge in [-0.05, 0) is 62.8 Å². The summed E-state index contributed by atoms with van der Waals surface area (Å²) < 4.78 is 11.3. The van der Waals surface area contributed by atoms with Gasteiger partial charge in [-0.1, -0.05) is 36.4 Å². The first-order valence-corrected chi connectivity index (χ1v) is 13.7. The lowest BCUT2D eigenvalue weighted by atomic mass is 9.66. The highest BCUT2D eigenvalue weighted by Crippen LogP contribution is 2.64. The van der Waals surface area contributed by atoms with E-state index in [0.717, 1.165) is 35.3 Å². The van der Waals surface area contributed by atoms with E-state index in [2.05, 4.69) is 47.4 Å². The number of rotatable bonds is 5. The van der Waals surface area contributed by atoms with Gasteiger partial charge in [-0.15, -0.1) is 0 Å². The summed E-state index contributed by atoms with van der Waals surface area (Å²) in [6, 6.07) is 16.5. The van der Waals surface area contributed by atoms with Gasteiger partial charge in [-0.2, -0.15) is 11.8 Å². The zero-order chi connectivity index (χ0) is 25.7. The van der Waals surface area contributed by atoms with E-state index in [1.165, 1.54) is 5.56 Å². The molecule has 7 heteroatoms. The molecule has 2 aromatic rings. The van der Waals surface area contributed by atoms with E-state index < -0.39 is 16.7 Å². The normalized spacial score (nSPS) is 26.6. The number of likely N-dealkylation sites (tertiary alicyclic amines) is 1. The van der Waals surface area contributed by atoms with Gasteiger partial charge in [-0.25, -0.2) is 4.79 Å². The van der Waals surface area contributed by atoms with Gasteiger partial charge in [0.15, 0.2) is 0 Å². The van der Waals surface area contributed by atoms with Gasteiger partial charge in [0, 0.05) is 36.0 Å². The van der Waals surface area contributed by atoms with Crippen LogP contribution < -0.4 is 9.64 Å². The second-order valence-electron chi connectivity index (χ2n) is 10.8. The lowest BCUT2D eigenvalue weighted by Crippen LogP contribution is -2.67. The Morgan fingerprint density at radius 1 is 1.17 bits per heavy atom. The lowest BCUT2D eigenvalue weighted by molar-refractivity contribution is -0.105. The molecule has 3 aliphatic rings. The summed E-state index contributed by atoms with van der Waals surface area (Å²) in [4.78, 5) is 30.4. The van der Waals surface area contributed by atoms with E-state index in [1.54, 1.807) is 18.9 Å².